The van der Waals surface area contributed by atoms with E-state index in [-0.39, 0.29) is 0 Å². The van der Waals surface area contributed by atoms with Crippen LogP contribution in [0, 0.1) is 0 Å². The van der Waals surface area contributed by atoms with Crippen LogP contribution >= 0.6 is 0 Å². The molecule has 64 valence electrons. The third-order valence-corrected chi connectivity index (χ3v) is 1.63. The molecule has 0 aromatic rings. The molecule has 1 fully saturated rings. The summed E-state index contributed by atoms with van der Waals surface area (Å²) in [7, 11) is 0. The van der Waals surface area contributed by atoms with Gasteiger partial charge in [0.05, 0.1) is 6.54 Å². The van der Waals surface area contributed by atoms with Crippen LogP contribution in [0.4, 0.5) is 13.2 Å². The largest absolute Gasteiger partial charge is 0.479 e. The molecule has 1 aliphatic heterocycles. The number of halogens is 3. The number of carboxylic acids is 1. The molecule has 0 aromatic carbocycles. The number of alkyl halides is 3. The Morgan fingerprint density at radius 1 is 1.36 bits per heavy atom. The molecule has 0 amide bonds. The van der Waals surface area contributed by atoms with Gasteiger partial charge in [-0.25, -0.2) is 18.0 Å². The highest BCUT2D eigenvalue weighted by Crippen LogP contribution is 2.35. The van der Waals surface area contributed by atoms with Crippen molar-refractivity contribution in [2.24, 2.45) is 0 Å². The minimum Gasteiger partial charge on any atom is -0.479 e. The summed E-state index contributed by atoms with van der Waals surface area (Å²) in [6, 6.07) is 0. The molecular formula is C5H6F3NO2. The van der Waals surface area contributed by atoms with E-state index in [2.05, 4.69) is 0 Å². The molecule has 0 radical (unpaired) electrons. The number of carboxylic acid groups (broad SMARTS) is 1. The van der Waals surface area contributed by atoms with Crippen molar-refractivity contribution in [3.8, 4) is 0 Å². The number of carbonyl (C=O) groups is 1. The van der Waals surface area contributed by atoms with E-state index in [0.717, 1.165) is 0 Å². The van der Waals surface area contributed by atoms with Gasteiger partial charge in [-0.15, -0.1) is 0 Å². The highest BCUT2D eigenvalue weighted by atomic mass is 19.3. The first kappa shape index (κ1) is 8.32. The summed E-state index contributed by atoms with van der Waals surface area (Å²) in [5, 5.41) is 10.1. The van der Waals surface area contributed by atoms with E-state index in [1.54, 1.807) is 0 Å². The van der Waals surface area contributed by atoms with Crippen LogP contribution in [-0.2, 0) is 4.79 Å². The van der Waals surface area contributed by atoms with Gasteiger partial charge in [0.15, 0.2) is 0 Å². The molecule has 1 atom stereocenters. The van der Waals surface area contributed by atoms with Gasteiger partial charge in [0.2, 0.25) is 0 Å². The first-order valence-corrected chi connectivity index (χ1v) is 2.91. The van der Waals surface area contributed by atoms with Gasteiger partial charge in [0, 0.05) is 6.54 Å². The molecule has 0 bridgehead atoms. The van der Waals surface area contributed by atoms with Gasteiger partial charge in [-0.1, -0.05) is 0 Å². The topological polar surface area (TPSA) is 49.3 Å². The highest BCUT2D eigenvalue weighted by molar-refractivity contribution is 5.79. The van der Waals surface area contributed by atoms with Crippen LogP contribution in [0.2, 0.25) is 0 Å². The Balaban J connectivity index is 2.93. The van der Waals surface area contributed by atoms with Crippen LogP contribution in [0.25, 0.3) is 0 Å². The van der Waals surface area contributed by atoms with Gasteiger partial charge >= 0.3 is 11.9 Å². The summed E-state index contributed by atoms with van der Waals surface area (Å²) in [4.78, 5) is 10.0. The monoisotopic (exact) mass is 169 g/mol. The predicted molar refractivity (Wildman–Crippen MR) is 29.3 cm³/mol. The standard InChI is InChI=1S/C5H6F3NO2/c6-4(3(10)11)1-9-2-5(4,7)8/h9H,1-2H2,(H,10,11). The number of aliphatic carboxylic acids is 1. The van der Waals surface area contributed by atoms with Gasteiger partial charge in [-0.05, 0) is 0 Å². The summed E-state index contributed by atoms with van der Waals surface area (Å²) in [6.45, 7) is -1.76. The van der Waals surface area contributed by atoms with E-state index in [0.29, 0.717) is 0 Å². The lowest BCUT2D eigenvalue weighted by Crippen LogP contribution is -2.49. The molecule has 6 heteroatoms. The summed E-state index contributed by atoms with van der Waals surface area (Å²) in [5.41, 5.74) is -3.44. The second-order valence-electron chi connectivity index (χ2n) is 2.41. The quantitative estimate of drug-likeness (QED) is 0.581. The maximum absolute atomic E-state index is 12.8. The Morgan fingerprint density at radius 2 is 1.91 bits per heavy atom. The summed E-state index contributed by atoms with van der Waals surface area (Å²) in [5.74, 6) is -5.92. The van der Waals surface area contributed by atoms with Gasteiger partial charge in [-0.2, -0.15) is 0 Å². The molecule has 2 N–H and O–H groups in total. The van der Waals surface area contributed by atoms with Crippen LogP contribution < -0.4 is 5.32 Å². The minimum atomic E-state index is -3.81. The van der Waals surface area contributed by atoms with Crippen molar-refractivity contribution in [2.45, 2.75) is 11.6 Å². The zero-order chi connectivity index (χ0) is 8.70. The fourth-order valence-corrected chi connectivity index (χ4v) is 0.893. The summed E-state index contributed by atoms with van der Waals surface area (Å²) in [6.07, 6.45) is 0. The van der Waals surface area contributed by atoms with E-state index in [1.165, 1.54) is 0 Å². The Bertz CT molecular complexity index is 196. The molecule has 0 saturated carbocycles. The van der Waals surface area contributed by atoms with Crippen LogP contribution in [0.1, 0.15) is 0 Å². The van der Waals surface area contributed by atoms with Gasteiger partial charge in [0.1, 0.15) is 0 Å². The molecule has 0 aromatic heterocycles. The SMILES string of the molecule is O=C(O)C1(F)CNCC1(F)F. The van der Waals surface area contributed by atoms with Crippen molar-refractivity contribution in [1.82, 2.24) is 5.32 Å². The third kappa shape index (κ3) is 0.973. The number of hydrogen-bond acceptors (Lipinski definition) is 2. The van der Waals surface area contributed by atoms with Crippen molar-refractivity contribution in [2.75, 3.05) is 13.1 Å². The third-order valence-electron chi connectivity index (χ3n) is 1.63. The number of hydrogen-bond donors (Lipinski definition) is 2. The first-order valence-electron chi connectivity index (χ1n) is 2.91. The molecule has 11 heavy (non-hydrogen) atoms. The number of nitrogens with one attached hydrogen (secondary N) is 1. The maximum Gasteiger partial charge on any atom is 0.349 e. The van der Waals surface area contributed by atoms with Crippen molar-refractivity contribution in [1.29, 1.82) is 0 Å². The Morgan fingerprint density at radius 3 is 2.09 bits per heavy atom. The lowest BCUT2D eigenvalue weighted by atomic mass is 10.0. The molecule has 1 unspecified atom stereocenters. The van der Waals surface area contributed by atoms with Gasteiger partial charge in [0.25, 0.3) is 5.67 Å². The average Bonchev–Trinajstić information content (AvgIpc) is 2.09. The fourth-order valence-electron chi connectivity index (χ4n) is 0.893. The second kappa shape index (κ2) is 2.10. The van der Waals surface area contributed by atoms with Gasteiger partial charge < -0.3 is 10.4 Å². The normalized spacial score (nSPS) is 35.5. The van der Waals surface area contributed by atoms with E-state index in [9.17, 15) is 18.0 Å². The van der Waals surface area contributed by atoms with Crippen LogP contribution in [-0.4, -0.2) is 35.8 Å². The van der Waals surface area contributed by atoms with Crippen molar-refractivity contribution < 1.29 is 23.1 Å². The lowest BCUT2D eigenvalue weighted by molar-refractivity contribution is -0.172. The Labute approximate surface area is 60.2 Å². The van der Waals surface area contributed by atoms with Crippen LogP contribution in [0.15, 0.2) is 0 Å². The van der Waals surface area contributed by atoms with Crippen molar-refractivity contribution >= 4 is 5.97 Å². The van der Waals surface area contributed by atoms with Crippen molar-refractivity contribution in [3.05, 3.63) is 0 Å². The molecule has 1 heterocycles. The van der Waals surface area contributed by atoms with E-state index < -0.39 is 30.7 Å². The van der Waals surface area contributed by atoms with Gasteiger partial charge in [-0.3, -0.25) is 0 Å². The molecule has 1 aliphatic rings. The Kier molecular flexibility index (Phi) is 1.59. The van der Waals surface area contributed by atoms with Crippen LogP contribution in [0.5, 0.6) is 0 Å². The molecule has 3 nitrogen and oxygen atoms in total. The smallest absolute Gasteiger partial charge is 0.349 e. The summed E-state index contributed by atoms with van der Waals surface area (Å²) >= 11 is 0. The second-order valence-corrected chi connectivity index (χ2v) is 2.41. The zero-order valence-corrected chi connectivity index (χ0v) is 5.40. The first-order chi connectivity index (χ1) is 4.90. The maximum atomic E-state index is 12.8. The fraction of sp³-hybridized carbons (Fsp3) is 0.800. The van der Waals surface area contributed by atoms with E-state index >= 15 is 0 Å². The van der Waals surface area contributed by atoms with E-state index in [4.69, 9.17) is 5.11 Å². The lowest BCUT2D eigenvalue weighted by Gasteiger charge is -2.20. The van der Waals surface area contributed by atoms with Crippen molar-refractivity contribution in [3.63, 3.8) is 0 Å². The highest BCUT2D eigenvalue weighted by Gasteiger charge is 2.64. The minimum absolute atomic E-state index is 0.838. The molecule has 0 aliphatic carbocycles. The molecular weight excluding hydrogens is 163 g/mol. The molecule has 0 spiro atoms. The summed E-state index contributed by atoms with van der Waals surface area (Å²) < 4.78 is 37.7. The number of rotatable bonds is 1. The molecule has 1 rings (SSSR count). The van der Waals surface area contributed by atoms with E-state index in [1.807, 2.05) is 5.32 Å². The van der Waals surface area contributed by atoms with Crippen LogP contribution in [0.3, 0.4) is 0 Å². The zero-order valence-electron chi connectivity index (χ0n) is 5.40. The molecule has 1 saturated heterocycles. The predicted octanol–water partition coefficient (Wildman–Crippen LogP) is 0.0178. The average molecular weight is 169 g/mol. The Hall–Kier alpha value is -0.780.